The Balaban J connectivity index is 1.84. The smallest absolute Gasteiger partial charge is 0.338 e. The highest BCUT2D eigenvalue weighted by atomic mass is 16.6. The maximum atomic E-state index is 14.9. The first-order chi connectivity index (χ1) is 19.2. The van der Waals surface area contributed by atoms with Crippen LogP contribution in [0, 0.1) is 16.7 Å². The van der Waals surface area contributed by atoms with Gasteiger partial charge in [-0.15, -0.1) is 0 Å². The minimum atomic E-state index is -1.93. The van der Waals surface area contributed by atoms with Gasteiger partial charge in [0.05, 0.1) is 35.7 Å². The molecule has 1 aliphatic heterocycles. The standard InChI is InChI=1S/C31H40O10/c1-16-19(33)14-31(36)26(40-27(35)18-11-9-8-10-12-18)24-29(5,25(34)23(38-7)22(16)28(31,3)4)20(37-6)13-21-30(24,15-39-21)41-17(2)32/h8-12,19-21,23-24,26,33,36H,13-15H2,1-7H3/t19-,20+,21+,23+,24-,26-,29+,30-,31+/m0/s1. The second-order valence-electron chi connectivity index (χ2n) is 12.6. The summed E-state index contributed by atoms with van der Waals surface area (Å²) in [6, 6.07) is 8.32. The number of esters is 2. The molecule has 9 atom stereocenters. The van der Waals surface area contributed by atoms with Gasteiger partial charge in [-0.1, -0.05) is 32.0 Å². The first kappa shape index (κ1) is 29.8. The Morgan fingerprint density at radius 2 is 1.73 bits per heavy atom. The van der Waals surface area contributed by atoms with Crippen molar-refractivity contribution in [1.82, 2.24) is 0 Å². The fourth-order valence-electron chi connectivity index (χ4n) is 8.17. The number of carbonyl (C=O) groups is 3. The summed E-state index contributed by atoms with van der Waals surface area (Å²) >= 11 is 0. The second kappa shape index (κ2) is 9.98. The van der Waals surface area contributed by atoms with E-state index < -0.39 is 70.4 Å². The molecule has 0 aromatic heterocycles. The van der Waals surface area contributed by atoms with Gasteiger partial charge in [-0.2, -0.15) is 0 Å². The molecule has 3 aliphatic carbocycles. The van der Waals surface area contributed by atoms with E-state index in [0.717, 1.165) is 0 Å². The number of rotatable bonds is 5. The predicted octanol–water partition coefficient (Wildman–Crippen LogP) is 2.39. The van der Waals surface area contributed by atoms with Gasteiger partial charge >= 0.3 is 11.9 Å². The molecule has 0 radical (unpaired) electrons. The molecule has 1 aromatic carbocycles. The largest absolute Gasteiger partial charge is 0.455 e. The third kappa shape index (κ3) is 3.98. The predicted molar refractivity (Wildman–Crippen MR) is 145 cm³/mol. The van der Waals surface area contributed by atoms with E-state index in [0.29, 0.717) is 11.1 Å². The summed E-state index contributed by atoms with van der Waals surface area (Å²) in [7, 11) is 2.89. The molecule has 10 heteroatoms. The van der Waals surface area contributed by atoms with E-state index >= 15 is 0 Å². The summed E-state index contributed by atoms with van der Waals surface area (Å²) < 4.78 is 30.1. The Morgan fingerprint density at radius 1 is 1.07 bits per heavy atom. The Hall–Kier alpha value is -2.63. The first-order valence-corrected chi connectivity index (χ1v) is 14.0. The summed E-state index contributed by atoms with van der Waals surface area (Å²) in [5.74, 6) is -2.83. The number of ether oxygens (including phenoxy) is 5. The molecule has 2 bridgehead atoms. The normalized spacial score (nSPS) is 41.2. The lowest BCUT2D eigenvalue weighted by atomic mass is 9.44. The molecule has 2 saturated carbocycles. The van der Waals surface area contributed by atoms with Crippen LogP contribution >= 0.6 is 0 Å². The zero-order chi connectivity index (χ0) is 30.1. The van der Waals surface area contributed by atoms with Crippen LogP contribution in [-0.4, -0.2) is 90.5 Å². The molecule has 2 N–H and O–H groups in total. The van der Waals surface area contributed by atoms with Gasteiger partial charge < -0.3 is 33.9 Å². The van der Waals surface area contributed by atoms with Gasteiger partial charge in [0.25, 0.3) is 0 Å². The summed E-state index contributed by atoms with van der Waals surface area (Å²) in [6.07, 6.45) is -5.17. The van der Waals surface area contributed by atoms with E-state index in [9.17, 15) is 24.6 Å². The number of aliphatic hydroxyl groups excluding tert-OH is 1. The van der Waals surface area contributed by atoms with Crippen molar-refractivity contribution < 1.29 is 48.3 Å². The van der Waals surface area contributed by atoms with Crippen LogP contribution in [0.15, 0.2) is 41.5 Å². The molecule has 1 aromatic rings. The van der Waals surface area contributed by atoms with Crippen LogP contribution in [0.3, 0.4) is 0 Å². The van der Waals surface area contributed by atoms with Crippen molar-refractivity contribution in [2.75, 3.05) is 20.8 Å². The van der Waals surface area contributed by atoms with Crippen molar-refractivity contribution in [3.63, 3.8) is 0 Å². The molecule has 3 fully saturated rings. The summed E-state index contributed by atoms with van der Waals surface area (Å²) in [6.45, 7) is 8.13. The topological polar surface area (TPSA) is 138 Å². The molecule has 0 unspecified atom stereocenters. The maximum Gasteiger partial charge on any atom is 0.338 e. The lowest BCUT2D eigenvalue weighted by Gasteiger charge is -2.67. The summed E-state index contributed by atoms with van der Waals surface area (Å²) in [4.78, 5) is 41.2. The third-order valence-electron chi connectivity index (χ3n) is 10.4. The quantitative estimate of drug-likeness (QED) is 0.400. The van der Waals surface area contributed by atoms with Gasteiger partial charge in [-0.25, -0.2) is 4.79 Å². The van der Waals surface area contributed by atoms with Gasteiger partial charge in [0.2, 0.25) is 0 Å². The van der Waals surface area contributed by atoms with Crippen molar-refractivity contribution in [1.29, 1.82) is 0 Å². The summed E-state index contributed by atoms with van der Waals surface area (Å²) in [5.41, 5.74) is -4.88. The van der Waals surface area contributed by atoms with E-state index in [1.54, 1.807) is 58.0 Å². The molecular formula is C31H40O10. The maximum absolute atomic E-state index is 14.9. The lowest BCUT2D eigenvalue weighted by Crippen LogP contribution is -2.82. The van der Waals surface area contributed by atoms with E-state index in [1.807, 2.05) is 0 Å². The molecule has 0 spiro atoms. The Kier molecular flexibility index (Phi) is 7.27. The van der Waals surface area contributed by atoms with Gasteiger partial charge in [0, 0.05) is 39.4 Å². The number of ketones is 1. The molecular weight excluding hydrogens is 532 g/mol. The van der Waals surface area contributed by atoms with Crippen LogP contribution in [-0.2, 0) is 33.3 Å². The average molecular weight is 573 g/mol. The van der Waals surface area contributed by atoms with Crippen LogP contribution in [0.2, 0.25) is 0 Å². The number of methoxy groups -OCH3 is 2. The van der Waals surface area contributed by atoms with Gasteiger partial charge in [0.1, 0.15) is 23.9 Å². The number of benzene rings is 1. The van der Waals surface area contributed by atoms with Crippen molar-refractivity contribution in [2.45, 2.75) is 89.2 Å². The summed E-state index contributed by atoms with van der Waals surface area (Å²) in [5, 5.41) is 24.2. The Bertz CT molecular complexity index is 1270. The zero-order valence-corrected chi connectivity index (χ0v) is 24.6. The first-order valence-electron chi connectivity index (χ1n) is 14.0. The van der Waals surface area contributed by atoms with Crippen LogP contribution in [0.25, 0.3) is 0 Å². The van der Waals surface area contributed by atoms with Gasteiger partial charge in [-0.3, -0.25) is 9.59 Å². The van der Waals surface area contributed by atoms with Crippen molar-refractivity contribution in [2.24, 2.45) is 16.7 Å². The Labute approximate surface area is 239 Å². The Morgan fingerprint density at radius 3 is 2.27 bits per heavy atom. The van der Waals surface area contributed by atoms with E-state index in [4.69, 9.17) is 23.7 Å². The highest BCUT2D eigenvalue weighted by Crippen LogP contribution is 2.64. The molecule has 1 heterocycles. The number of hydrogen-bond acceptors (Lipinski definition) is 10. The second-order valence-corrected chi connectivity index (χ2v) is 12.6. The minimum Gasteiger partial charge on any atom is -0.455 e. The van der Waals surface area contributed by atoms with Crippen molar-refractivity contribution >= 4 is 17.7 Å². The highest BCUT2D eigenvalue weighted by molar-refractivity contribution is 5.94. The fourth-order valence-corrected chi connectivity index (χ4v) is 8.17. The van der Waals surface area contributed by atoms with Crippen molar-refractivity contribution in [3.8, 4) is 0 Å². The molecule has 1 saturated heterocycles. The van der Waals surface area contributed by atoms with E-state index in [-0.39, 0.29) is 30.8 Å². The van der Waals surface area contributed by atoms with Crippen LogP contribution in [0.1, 0.15) is 57.8 Å². The third-order valence-corrected chi connectivity index (χ3v) is 10.4. The molecule has 0 amide bonds. The molecule has 224 valence electrons. The number of fused-ring (bicyclic) bond motifs is 5. The molecule has 4 aliphatic rings. The number of Topliss-reactive ketones (excluding diaryl/α,β-unsaturated/α-hetero) is 1. The monoisotopic (exact) mass is 572 g/mol. The molecule has 10 nitrogen and oxygen atoms in total. The number of hydrogen-bond donors (Lipinski definition) is 2. The SMILES string of the molecule is CO[C@H]1C(=O)[C@@]2(C)[C@H]([C@H](OC(=O)c3ccccc3)[C@]3(O)C[C@H](O)C(C)=C1C3(C)C)[C@]1(OC(C)=O)CO[C@@H]1C[C@H]2OC. The fraction of sp³-hybridized carbons (Fsp3) is 0.645. The minimum absolute atomic E-state index is 0.0704. The van der Waals surface area contributed by atoms with Crippen molar-refractivity contribution in [3.05, 3.63) is 47.0 Å². The van der Waals surface area contributed by atoms with Crippen LogP contribution < -0.4 is 0 Å². The van der Waals surface area contributed by atoms with Crippen LogP contribution in [0.5, 0.6) is 0 Å². The molecule has 5 rings (SSSR count). The van der Waals surface area contributed by atoms with Gasteiger partial charge in [0.15, 0.2) is 11.4 Å². The zero-order valence-electron chi connectivity index (χ0n) is 24.6. The van der Waals surface area contributed by atoms with E-state index in [1.165, 1.54) is 21.1 Å². The van der Waals surface area contributed by atoms with E-state index in [2.05, 4.69) is 0 Å². The average Bonchev–Trinajstić information content (AvgIpc) is 2.91. The number of aliphatic hydroxyl groups is 2. The van der Waals surface area contributed by atoms with Gasteiger partial charge in [-0.05, 0) is 37.1 Å². The van der Waals surface area contributed by atoms with Crippen LogP contribution in [0.4, 0.5) is 0 Å². The molecule has 41 heavy (non-hydrogen) atoms. The lowest BCUT2D eigenvalue weighted by molar-refractivity contribution is -0.347. The highest BCUT2D eigenvalue weighted by Gasteiger charge is 2.78. The number of carbonyl (C=O) groups excluding carboxylic acids is 3.